The minimum absolute atomic E-state index is 0.0305. The number of aromatic nitrogens is 3. The molecular weight excluding hydrogens is 509 g/mol. The van der Waals surface area contributed by atoms with E-state index in [1.54, 1.807) is 0 Å². The van der Waals surface area contributed by atoms with Gasteiger partial charge >= 0.3 is 6.18 Å². The summed E-state index contributed by atoms with van der Waals surface area (Å²) in [6.07, 6.45) is -1.79. The van der Waals surface area contributed by atoms with E-state index in [1.807, 2.05) is 0 Å². The number of pyridine rings is 1. The molecule has 0 N–H and O–H groups in total. The van der Waals surface area contributed by atoms with E-state index in [-0.39, 0.29) is 65.6 Å². The summed E-state index contributed by atoms with van der Waals surface area (Å²) < 4.78 is 69.9. The SMILES string of the molecule is O=C(c1ccncc1Cl)N1CC(c2nn(CC(=O)N3CCC[C@H]3C(F)(F)F)c3cc(F)cc(F)c23)C1. The fraction of sp³-hybridized carbons (Fsp3) is 0.391. The van der Waals surface area contributed by atoms with E-state index >= 15 is 0 Å². The quantitative estimate of drug-likeness (QED) is 0.478. The number of fused-ring (bicyclic) bond motifs is 1. The fourth-order valence-corrected chi connectivity index (χ4v) is 5.02. The molecule has 2 fully saturated rings. The second-order valence-corrected chi connectivity index (χ2v) is 9.28. The molecular formula is C23H19ClF5N5O2. The van der Waals surface area contributed by atoms with Crippen molar-refractivity contribution in [3.8, 4) is 0 Å². The zero-order valence-corrected chi connectivity index (χ0v) is 19.4. The molecule has 2 amide bonds. The van der Waals surface area contributed by atoms with Crippen molar-refractivity contribution in [2.45, 2.75) is 37.5 Å². The van der Waals surface area contributed by atoms with Crippen molar-refractivity contribution >= 4 is 34.3 Å². The Morgan fingerprint density at radius 1 is 1.17 bits per heavy atom. The maximum atomic E-state index is 14.8. The standard InChI is InChI=1S/C23H19ClF5N5O2/c24-15-8-30-4-3-14(15)22(36)32-9-12(10-32)21-20-16(26)6-13(25)7-17(20)34(31-21)11-19(35)33-5-1-2-18(33)23(27,28)29/h3-4,6-8,12,18H,1-2,5,9-11H2/t18-/m0/s1. The zero-order valence-electron chi connectivity index (χ0n) is 18.6. The molecule has 190 valence electrons. The lowest BCUT2D eigenvalue weighted by Crippen LogP contribution is -2.48. The molecule has 7 nitrogen and oxygen atoms in total. The van der Waals surface area contributed by atoms with Crippen molar-refractivity contribution in [1.29, 1.82) is 0 Å². The predicted octanol–water partition coefficient (Wildman–Crippen LogP) is 4.16. The molecule has 0 radical (unpaired) electrons. The smallest absolute Gasteiger partial charge is 0.337 e. The second-order valence-electron chi connectivity index (χ2n) is 8.87. The number of nitrogens with zero attached hydrogens (tertiary/aromatic N) is 5. The number of hydrogen-bond acceptors (Lipinski definition) is 4. The highest BCUT2D eigenvalue weighted by Crippen LogP contribution is 2.36. The molecule has 2 aliphatic rings. The summed E-state index contributed by atoms with van der Waals surface area (Å²) in [5.74, 6) is -3.44. The van der Waals surface area contributed by atoms with Gasteiger partial charge in [0.15, 0.2) is 0 Å². The number of alkyl halides is 3. The minimum atomic E-state index is -4.57. The van der Waals surface area contributed by atoms with Crippen molar-refractivity contribution in [2.75, 3.05) is 19.6 Å². The summed E-state index contributed by atoms with van der Waals surface area (Å²) in [5, 5.41) is 4.45. The van der Waals surface area contributed by atoms with Gasteiger partial charge in [0.25, 0.3) is 5.91 Å². The number of hydrogen-bond donors (Lipinski definition) is 0. The molecule has 13 heteroatoms. The normalized spacial score (nSPS) is 18.7. The molecule has 0 unspecified atom stereocenters. The van der Waals surface area contributed by atoms with Crippen LogP contribution in [0.25, 0.3) is 10.9 Å². The Labute approximate surface area is 206 Å². The molecule has 36 heavy (non-hydrogen) atoms. The maximum Gasteiger partial charge on any atom is 0.408 e. The fourth-order valence-electron chi connectivity index (χ4n) is 4.82. The Balaban J connectivity index is 1.41. The summed E-state index contributed by atoms with van der Waals surface area (Å²) in [6.45, 7) is -0.337. The Morgan fingerprint density at radius 2 is 1.92 bits per heavy atom. The first kappa shape index (κ1) is 24.4. The third kappa shape index (κ3) is 4.27. The van der Waals surface area contributed by atoms with Crippen LogP contribution >= 0.6 is 11.6 Å². The molecule has 0 spiro atoms. The van der Waals surface area contributed by atoms with E-state index in [1.165, 1.54) is 23.4 Å². The van der Waals surface area contributed by atoms with Gasteiger partial charge < -0.3 is 9.80 Å². The van der Waals surface area contributed by atoms with E-state index in [4.69, 9.17) is 11.6 Å². The molecule has 4 heterocycles. The Morgan fingerprint density at radius 3 is 2.61 bits per heavy atom. The van der Waals surface area contributed by atoms with E-state index in [9.17, 15) is 31.5 Å². The number of likely N-dealkylation sites (tertiary alicyclic amines) is 2. The largest absolute Gasteiger partial charge is 0.408 e. The lowest BCUT2D eigenvalue weighted by molar-refractivity contribution is -0.183. The van der Waals surface area contributed by atoms with Gasteiger partial charge in [-0.15, -0.1) is 0 Å². The van der Waals surface area contributed by atoms with Crippen LogP contribution in [0.3, 0.4) is 0 Å². The Hall–Kier alpha value is -3.28. The maximum absolute atomic E-state index is 14.8. The van der Waals surface area contributed by atoms with Crippen molar-refractivity contribution in [1.82, 2.24) is 24.6 Å². The minimum Gasteiger partial charge on any atom is -0.337 e. The predicted molar refractivity (Wildman–Crippen MR) is 118 cm³/mol. The van der Waals surface area contributed by atoms with Gasteiger partial charge in [-0.05, 0) is 18.9 Å². The van der Waals surface area contributed by atoms with Crippen molar-refractivity contribution in [3.05, 3.63) is 58.5 Å². The van der Waals surface area contributed by atoms with E-state index in [0.29, 0.717) is 6.07 Å². The van der Waals surface area contributed by atoms with Gasteiger partial charge in [-0.25, -0.2) is 8.78 Å². The summed E-state index contributed by atoms with van der Waals surface area (Å²) in [7, 11) is 0. The van der Waals surface area contributed by atoms with Crippen LogP contribution in [0.15, 0.2) is 30.6 Å². The molecule has 1 atom stereocenters. The van der Waals surface area contributed by atoms with Gasteiger partial charge in [-0.1, -0.05) is 11.6 Å². The topological polar surface area (TPSA) is 71.3 Å². The number of rotatable bonds is 4. The second kappa shape index (κ2) is 8.99. The third-order valence-electron chi connectivity index (χ3n) is 6.59. The summed E-state index contributed by atoms with van der Waals surface area (Å²) >= 11 is 6.04. The van der Waals surface area contributed by atoms with E-state index in [0.717, 1.165) is 15.6 Å². The van der Waals surface area contributed by atoms with Crippen LogP contribution in [0.5, 0.6) is 0 Å². The average Bonchev–Trinajstić information content (AvgIpc) is 3.39. The third-order valence-corrected chi connectivity index (χ3v) is 6.89. The lowest BCUT2D eigenvalue weighted by Gasteiger charge is -2.38. The van der Waals surface area contributed by atoms with Crippen LogP contribution in [0.2, 0.25) is 5.02 Å². The average molecular weight is 528 g/mol. The van der Waals surface area contributed by atoms with Crippen LogP contribution in [-0.4, -0.2) is 68.2 Å². The van der Waals surface area contributed by atoms with Crippen molar-refractivity contribution < 1.29 is 31.5 Å². The zero-order chi connectivity index (χ0) is 25.8. The molecule has 0 bridgehead atoms. The van der Waals surface area contributed by atoms with Crippen LogP contribution < -0.4 is 0 Å². The van der Waals surface area contributed by atoms with E-state index < -0.39 is 42.2 Å². The van der Waals surface area contributed by atoms with Gasteiger partial charge in [-0.3, -0.25) is 19.3 Å². The highest BCUT2D eigenvalue weighted by molar-refractivity contribution is 6.33. The van der Waals surface area contributed by atoms with Gasteiger partial charge in [0.1, 0.15) is 24.2 Å². The first-order chi connectivity index (χ1) is 17.0. The summed E-state index contributed by atoms with van der Waals surface area (Å²) in [5.41, 5.74) is 0.415. The Bertz CT molecular complexity index is 1350. The molecule has 3 aromatic rings. The van der Waals surface area contributed by atoms with Crippen LogP contribution in [0.1, 0.15) is 34.8 Å². The highest BCUT2D eigenvalue weighted by Gasteiger charge is 2.47. The summed E-state index contributed by atoms with van der Waals surface area (Å²) in [6, 6.07) is 1.25. The van der Waals surface area contributed by atoms with Crippen molar-refractivity contribution in [2.24, 2.45) is 0 Å². The van der Waals surface area contributed by atoms with Crippen LogP contribution in [-0.2, 0) is 11.3 Å². The molecule has 1 aromatic carbocycles. The van der Waals surface area contributed by atoms with Crippen LogP contribution in [0.4, 0.5) is 22.0 Å². The number of halogens is 6. The summed E-state index contributed by atoms with van der Waals surface area (Å²) in [4.78, 5) is 31.6. The molecule has 0 aliphatic carbocycles. The Kier molecular flexibility index (Phi) is 6.09. The number of benzene rings is 1. The molecule has 2 aliphatic heterocycles. The molecule has 2 saturated heterocycles. The van der Waals surface area contributed by atoms with Crippen LogP contribution in [0, 0.1) is 11.6 Å². The van der Waals surface area contributed by atoms with Gasteiger partial charge in [0.2, 0.25) is 5.91 Å². The van der Waals surface area contributed by atoms with Gasteiger partial charge in [-0.2, -0.15) is 18.3 Å². The number of carbonyl (C=O) groups excluding carboxylic acids is 2. The molecule has 2 aromatic heterocycles. The first-order valence-corrected chi connectivity index (χ1v) is 11.5. The van der Waals surface area contributed by atoms with Gasteiger partial charge in [0.05, 0.1) is 27.2 Å². The lowest BCUT2D eigenvalue weighted by atomic mass is 9.93. The molecule has 5 rings (SSSR count). The van der Waals surface area contributed by atoms with E-state index in [2.05, 4.69) is 10.1 Å². The molecule has 0 saturated carbocycles. The van der Waals surface area contributed by atoms with Gasteiger partial charge in [0, 0.05) is 50.1 Å². The first-order valence-electron chi connectivity index (χ1n) is 11.1. The number of amides is 2. The monoisotopic (exact) mass is 527 g/mol. The highest BCUT2D eigenvalue weighted by atomic mass is 35.5. The van der Waals surface area contributed by atoms with Crippen molar-refractivity contribution in [3.63, 3.8) is 0 Å². The number of carbonyl (C=O) groups is 2.